The van der Waals surface area contributed by atoms with Crippen LogP contribution >= 0.6 is 0 Å². The fraction of sp³-hybridized carbons (Fsp3) is 0.722. The predicted molar refractivity (Wildman–Crippen MR) is 87.3 cm³/mol. The van der Waals surface area contributed by atoms with Gasteiger partial charge in [0.2, 0.25) is 0 Å². The van der Waals surface area contributed by atoms with Crippen molar-refractivity contribution in [1.82, 2.24) is 4.90 Å². The molecular formula is C18H28N2O2. The van der Waals surface area contributed by atoms with E-state index in [9.17, 15) is 4.79 Å². The highest BCUT2D eigenvalue weighted by atomic mass is 16.6. The molecule has 122 valence electrons. The van der Waals surface area contributed by atoms with Crippen molar-refractivity contribution in [2.24, 2.45) is 23.0 Å². The molecule has 2 fully saturated rings. The highest BCUT2D eigenvalue weighted by Crippen LogP contribution is 2.55. The first-order valence-electron chi connectivity index (χ1n) is 8.36. The van der Waals surface area contributed by atoms with Crippen LogP contribution in [-0.2, 0) is 4.74 Å². The van der Waals surface area contributed by atoms with Gasteiger partial charge in [0, 0.05) is 18.5 Å². The molecule has 1 saturated carbocycles. The van der Waals surface area contributed by atoms with Gasteiger partial charge in [0.1, 0.15) is 5.60 Å². The fourth-order valence-corrected chi connectivity index (χ4v) is 3.86. The number of amides is 1. The summed E-state index contributed by atoms with van der Waals surface area (Å²) in [5, 5.41) is 0. The summed E-state index contributed by atoms with van der Waals surface area (Å²) < 4.78 is 5.42. The molecule has 3 rings (SSSR count). The lowest BCUT2D eigenvalue weighted by molar-refractivity contribution is -0.0867. The zero-order valence-corrected chi connectivity index (χ0v) is 14.0. The molecule has 3 aliphatic rings. The summed E-state index contributed by atoms with van der Waals surface area (Å²) in [6, 6.07) is 0. The van der Waals surface area contributed by atoms with E-state index in [-0.39, 0.29) is 6.09 Å². The fourth-order valence-electron chi connectivity index (χ4n) is 3.86. The van der Waals surface area contributed by atoms with Gasteiger partial charge in [0.25, 0.3) is 0 Å². The Hall–Kier alpha value is -1.29. The minimum Gasteiger partial charge on any atom is -0.444 e. The van der Waals surface area contributed by atoms with Crippen molar-refractivity contribution < 1.29 is 9.53 Å². The first-order chi connectivity index (χ1) is 10.3. The van der Waals surface area contributed by atoms with Crippen molar-refractivity contribution in [1.29, 1.82) is 0 Å². The molecule has 0 aromatic heterocycles. The number of hydrogen-bond acceptors (Lipinski definition) is 3. The van der Waals surface area contributed by atoms with Crippen LogP contribution in [-0.4, -0.2) is 36.2 Å². The van der Waals surface area contributed by atoms with Gasteiger partial charge in [-0.05, 0) is 64.0 Å². The lowest BCUT2D eigenvalue weighted by Gasteiger charge is -2.59. The van der Waals surface area contributed by atoms with Crippen molar-refractivity contribution in [3.05, 3.63) is 23.8 Å². The van der Waals surface area contributed by atoms with Crippen molar-refractivity contribution >= 4 is 6.09 Å². The number of hydrogen-bond donors (Lipinski definition) is 1. The van der Waals surface area contributed by atoms with Gasteiger partial charge >= 0.3 is 6.09 Å². The molecule has 1 heterocycles. The van der Waals surface area contributed by atoms with Crippen LogP contribution in [0, 0.1) is 17.3 Å². The number of allylic oxidation sites excluding steroid dienone is 3. The second-order valence-corrected chi connectivity index (χ2v) is 8.24. The second-order valence-electron chi connectivity index (χ2n) is 8.24. The summed E-state index contributed by atoms with van der Waals surface area (Å²) in [6.07, 6.45) is 10.2. The third kappa shape index (κ3) is 3.07. The highest BCUT2D eigenvalue weighted by Gasteiger charge is 2.54. The van der Waals surface area contributed by atoms with Crippen LogP contribution in [0.2, 0.25) is 0 Å². The van der Waals surface area contributed by atoms with E-state index in [4.69, 9.17) is 10.5 Å². The topological polar surface area (TPSA) is 55.6 Å². The van der Waals surface area contributed by atoms with Gasteiger partial charge in [-0.25, -0.2) is 4.79 Å². The monoisotopic (exact) mass is 304 g/mol. The zero-order valence-electron chi connectivity index (χ0n) is 14.0. The van der Waals surface area contributed by atoms with E-state index in [0.29, 0.717) is 17.3 Å². The third-order valence-corrected chi connectivity index (χ3v) is 5.05. The molecule has 0 aromatic rings. The molecule has 1 unspecified atom stereocenters. The number of nitrogens with two attached hydrogens (primary N) is 1. The largest absolute Gasteiger partial charge is 0.444 e. The van der Waals surface area contributed by atoms with Crippen LogP contribution in [0.1, 0.15) is 40.0 Å². The number of likely N-dealkylation sites (tertiary alicyclic amines) is 1. The summed E-state index contributed by atoms with van der Waals surface area (Å²) in [6.45, 7) is 8.20. The molecule has 1 aliphatic heterocycles. The average Bonchev–Trinajstić information content (AvgIpc) is 2.34. The molecule has 2 N–H and O–H groups in total. The quantitative estimate of drug-likeness (QED) is 0.853. The van der Waals surface area contributed by atoms with Crippen LogP contribution in [0.3, 0.4) is 0 Å². The molecule has 2 aliphatic carbocycles. The van der Waals surface area contributed by atoms with Crippen LogP contribution in [0.25, 0.3) is 0 Å². The van der Waals surface area contributed by atoms with Crippen LogP contribution in [0.4, 0.5) is 4.79 Å². The van der Waals surface area contributed by atoms with Gasteiger partial charge in [0.15, 0.2) is 0 Å². The Morgan fingerprint density at radius 3 is 2.59 bits per heavy atom. The smallest absolute Gasteiger partial charge is 0.410 e. The Kier molecular flexibility index (Phi) is 3.84. The predicted octanol–water partition coefficient (Wildman–Crippen LogP) is 3.09. The van der Waals surface area contributed by atoms with E-state index in [1.807, 2.05) is 25.7 Å². The maximum absolute atomic E-state index is 12.0. The number of carbonyl (C=O) groups is 1. The normalized spacial score (nSPS) is 27.2. The molecular weight excluding hydrogens is 276 g/mol. The summed E-state index contributed by atoms with van der Waals surface area (Å²) >= 11 is 0. The summed E-state index contributed by atoms with van der Waals surface area (Å²) in [7, 11) is 0. The molecule has 4 heteroatoms. The minimum absolute atomic E-state index is 0.163. The lowest BCUT2D eigenvalue weighted by Crippen LogP contribution is -2.64. The second kappa shape index (κ2) is 5.41. The highest BCUT2D eigenvalue weighted by molar-refractivity contribution is 5.69. The average molecular weight is 304 g/mol. The molecule has 22 heavy (non-hydrogen) atoms. The Labute approximate surface area is 133 Å². The van der Waals surface area contributed by atoms with Gasteiger partial charge in [-0.2, -0.15) is 0 Å². The first-order valence-corrected chi connectivity index (χ1v) is 8.36. The van der Waals surface area contributed by atoms with Crippen molar-refractivity contribution in [2.75, 3.05) is 19.6 Å². The maximum Gasteiger partial charge on any atom is 0.410 e. The van der Waals surface area contributed by atoms with Gasteiger partial charge in [-0.15, -0.1) is 0 Å². The Bertz CT molecular complexity index is 502. The van der Waals surface area contributed by atoms with Crippen LogP contribution in [0.5, 0.6) is 0 Å². The third-order valence-electron chi connectivity index (χ3n) is 5.05. The molecule has 4 nitrogen and oxygen atoms in total. The SMILES string of the molecule is CC(C)(C)OC(=O)N1CC2(CC(C3=CCC(CN)C=C3)C2)C1. The number of rotatable bonds is 2. The van der Waals surface area contributed by atoms with Crippen LogP contribution < -0.4 is 5.73 Å². The Balaban J connectivity index is 1.45. The molecule has 1 spiro atoms. The van der Waals surface area contributed by atoms with E-state index in [0.717, 1.165) is 26.1 Å². The van der Waals surface area contributed by atoms with Crippen molar-refractivity contribution in [3.8, 4) is 0 Å². The van der Waals surface area contributed by atoms with E-state index in [1.54, 1.807) is 0 Å². The molecule has 0 aromatic carbocycles. The summed E-state index contributed by atoms with van der Waals surface area (Å²) in [5.74, 6) is 1.19. The molecule has 0 bridgehead atoms. The molecule has 0 radical (unpaired) electrons. The minimum atomic E-state index is -0.404. The Morgan fingerprint density at radius 1 is 1.41 bits per heavy atom. The van der Waals surface area contributed by atoms with Gasteiger partial charge in [0.05, 0.1) is 0 Å². The molecule has 1 atom stereocenters. The zero-order chi connectivity index (χ0) is 16.0. The van der Waals surface area contributed by atoms with Gasteiger partial charge < -0.3 is 15.4 Å². The van der Waals surface area contributed by atoms with Crippen LogP contribution in [0.15, 0.2) is 23.8 Å². The summed E-state index contributed by atoms with van der Waals surface area (Å²) in [5.41, 5.74) is 7.14. The number of ether oxygens (including phenoxy) is 1. The van der Waals surface area contributed by atoms with E-state index < -0.39 is 5.60 Å². The summed E-state index contributed by atoms with van der Waals surface area (Å²) in [4.78, 5) is 13.8. The number of carbonyl (C=O) groups excluding carboxylic acids is 1. The first kappa shape index (κ1) is 15.6. The maximum atomic E-state index is 12.0. The van der Waals surface area contributed by atoms with Gasteiger partial charge in [-0.1, -0.05) is 18.2 Å². The Morgan fingerprint density at radius 2 is 2.09 bits per heavy atom. The number of nitrogens with zero attached hydrogens (tertiary/aromatic N) is 1. The molecule has 1 amide bonds. The van der Waals surface area contributed by atoms with Gasteiger partial charge in [-0.3, -0.25) is 0 Å². The lowest BCUT2D eigenvalue weighted by atomic mass is 9.55. The van der Waals surface area contributed by atoms with E-state index in [1.165, 1.54) is 18.4 Å². The van der Waals surface area contributed by atoms with E-state index >= 15 is 0 Å². The van der Waals surface area contributed by atoms with Crippen molar-refractivity contribution in [2.45, 2.75) is 45.6 Å². The molecule has 1 saturated heterocycles. The standard InChI is InChI=1S/C18H28N2O2/c1-17(2,3)22-16(21)20-11-18(12-20)8-15(9-18)14-6-4-13(10-19)5-7-14/h4,6-7,13,15H,5,8-12,19H2,1-3H3. The van der Waals surface area contributed by atoms with Crippen molar-refractivity contribution in [3.63, 3.8) is 0 Å². The van der Waals surface area contributed by atoms with E-state index in [2.05, 4.69) is 18.2 Å².